The molecule has 0 aliphatic heterocycles. The highest BCUT2D eigenvalue weighted by Gasteiger charge is 2.18. The Kier molecular flexibility index (Phi) is 4.20. The smallest absolute Gasteiger partial charge is 0.123 e. The molecule has 2 rings (SSSR count). The lowest BCUT2D eigenvalue weighted by molar-refractivity contribution is 0.313. The van der Waals surface area contributed by atoms with Crippen molar-refractivity contribution in [3.05, 3.63) is 59.9 Å². The molecule has 0 atom stereocenters. The van der Waals surface area contributed by atoms with Crippen LogP contribution in [0.3, 0.4) is 0 Å². The summed E-state index contributed by atoms with van der Waals surface area (Å²) in [5.41, 5.74) is 2.61. The van der Waals surface area contributed by atoms with Gasteiger partial charge >= 0.3 is 0 Å². The van der Waals surface area contributed by atoms with Crippen LogP contribution in [0.2, 0.25) is 0 Å². The minimum atomic E-state index is 0.104. The van der Waals surface area contributed by atoms with E-state index in [-0.39, 0.29) is 5.41 Å². The number of pyridine rings is 1. The number of rotatable bonds is 4. The Morgan fingerprint density at radius 3 is 2.37 bits per heavy atom. The van der Waals surface area contributed by atoms with Crippen molar-refractivity contribution in [2.75, 3.05) is 6.61 Å². The molecule has 0 saturated carbocycles. The molecule has 19 heavy (non-hydrogen) atoms. The Labute approximate surface area is 115 Å². The fourth-order valence-corrected chi connectivity index (χ4v) is 2.04. The maximum atomic E-state index is 5.95. The lowest BCUT2D eigenvalue weighted by Gasteiger charge is -2.22. The lowest BCUT2D eigenvalue weighted by atomic mass is 9.86. The molecule has 0 fully saturated rings. The molecular weight excluding hydrogens is 234 g/mol. The van der Waals surface area contributed by atoms with Crippen LogP contribution in [0.4, 0.5) is 0 Å². The van der Waals surface area contributed by atoms with Gasteiger partial charge in [0.05, 0.1) is 6.61 Å². The van der Waals surface area contributed by atoms with Gasteiger partial charge in [-0.1, -0.05) is 39.0 Å². The Hall–Kier alpha value is -1.83. The van der Waals surface area contributed by atoms with Crippen LogP contribution < -0.4 is 4.74 Å². The predicted molar refractivity (Wildman–Crippen MR) is 78.6 cm³/mol. The summed E-state index contributed by atoms with van der Waals surface area (Å²) in [7, 11) is 0. The topological polar surface area (TPSA) is 22.1 Å². The summed E-state index contributed by atoms with van der Waals surface area (Å²) in [6.45, 7) is 7.31. The first-order chi connectivity index (χ1) is 9.07. The molecule has 0 bridgehead atoms. The second-order valence-electron chi connectivity index (χ2n) is 5.70. The summed E-state index contributed by atoms with van der Waals surface area (Å²) < 4.78 is 5.95. The third kappa shape index (κ3) is 3.82. The first-order valence-electron chi connectivity index (χ1n) is 6.68. The molecule has 0 aliphatic rings. The first-order valence-corrected chi connectivity index (χ1v) is 6.68. The molecule has 0 saturated heterocycles. The van der Waals surface area contributed by atoms with Crippen LogP contribution in [0, 0.1) is 0 Å². The monoisotopic (exact) mass is 255 g/mol. The number of nitrogens with zero attached hydrogens (tertiary/aromatic N) is 1. The lowest BCUT2D eigenvalue weighted by Crippen LogP contribution is -2.14. The number of hydrogen-bond donors (Lipinski definition) is 0. The summed E-state index contributed by atoms with van der Waals surface area (Å²) in [6, 6.07) is 12.3. The van der Waals surface area contributed by atoms with E-state index in [1.54, 1.807) is 0 Å². The Bertz CT molecular complexity index is 514. The largest absolute Gasteiger partial charge is 0.493 e. The fraction of sp³-hybridized carbons (Fsp3) is 0.353. The van der Waals surface area contributed by atoms with E-state index in [0.29, 0.717) is 6.61 Å². The van der Waals surface area contributed by atoms with Crippen LogP contribution in [-0.2, 0) is 11.8 Å². The van der Waals surface area contributed by atoms with Crippen molar-refractivity contribution in [1.29, 1.82) is 0 Å². The molecule has 1 aromatic heterocycles. The molecular formula is C17H21NO. The van der Waals surface area contributed by atoms with E-state index in [4.69, 9.17) is 4.74 Å². The molecule has 1 aromatic carbocycles. The summed E-state index contributed by atoms with van der Waals surface area (Å²) in [6.07, 6.45) is 4.54. The molecule has 0 radical (unpaired) electrons. The highest BCUT2D eigenvalue weighted by molar-refractivity contribution is 5.38. The molecule has 0 aliphatic carbocycles. The van der Waals surface area contributed by atoms with Crippen molar-refractivity contribution in [3.63, 3.8) is 0 Å². The van der Waals surface area contributed by atoms with E-state index in [1.165, 1.54) is 11.1 Å². The van der Waals surface area contributed by atoms with Crippen molar-refractivity contribution in [3.8, 4) is 5.75 Å². The van der Waals surface area contributed by atoms with Gasteiger partial charge in [0.15, 0.2) is 0 Å². The van der Waals surface area contributed by atoms with Gasteiger partial charge in [-0.3, -0.25) is 4.98 Å². The van der Waals surface area contributed by atoms with E-state index in [9.17, 15) is 0 Å². The molecule has 0 amide bonds. The number of ether oxygens (including phenoxy) is 1. The molecule has 1 heterocycles. The highest BCUT2D eigenvalue weighted by Crippen LogP contribution is 2.30. The first kappa shape index (κ1) is 13.6. The van der Waals surface area contributed by atoms with Crippen LogP contribution >= 0.6 is 0 Å². The van der Waals surface area contributed by atoms with Gasteiger partial charge in [0.1, 0.15) is 5.75 Å². The zero-order valence-corrected chi connectivity index (χ0v) is 11.9. The van der Waals surface area contributed by atoms with E-state index >= 15 is 0 Å². The number of para-hydroxylation sites is 1. The van der Waals surface area contributed by atoms with Gasteiger partial charge in [-0.25, -0.2) is 0 Å². The minimum Gasteiger partial charge on any atom is -0.493 e. The highest BCUT2D eigenvalue weighted by atomic mass is 16.5. The SMILES string of the molecule is CC(C)(C)c1ccccc1OCCc1ccncc1. The molecule has 100 valence electrons. The van der Waals surface area contributed by atoms with Gasteiger partial charge in [0.25, 0.3) is 0 Å². The fourth-order valence-electron chi connectivity index (χ4n) is 2.04. The normalized spacial score (nSPS) is 11.3. The van der Waals surface area contributed by atoms with Gasteiger partial charge in [-0.15, -0.1) is 0 Å². The second kappa shape index (κ2) is 5.87. The van der Waals surface area contributed by atoms with E-state index in [0.717, 1.165) is 12.2 Å². The zero-order chi connectivity index (χ0) is 13.7. The van der Waals surface area contributed by atoms with Crippen LogP contribution in [-0.4, -0.2) is 11.6 Å². The van der Waals surface area contributed by atoms with Crippen LogP contribution in [0.25, 0.3) is 0 Å². The van der Waals surface area contributed by atoms with Gasteiger partial charge < -0.3 is 4.74 Å². The standard InChI is InChI=1S/C17H21NO/c1-17(2,3)15-6-4-5-7-16(15)19-13-10-14-8-11-18-12-9-14/h4-9,11-12H,10,13H2,1-3H3. The van der Waals surface area contributed by atoms with Crippen molar-refractivity contribution in [1.82, 2.24) is 4.98 Å². The van der Waals surface area contributed by atoms with Gasteiger partial charge in [0, 0.05) is 18.8 Å². The minimum absolute atomic E-state index is 0.104. The average molecular weight is 255 g/mol. The van der Waals surface area contributed by atoms with E-state index < -0.39 is 0 Å². The van der Waals surface area contributed by atoms with Crippen molar-refractivity contribution in [2.24, 2.45) is 0 Å². The van der Waals surface area contributed by atoms with E-state index in [1.807, 2.05) is 36.7 Å². The Morgan fingerprint density at radius 1 is 1.00 bits per heavy atom. The molecule has 2 heteroatoms. The van der Waals surface area contributed by atoms with Crippen LogP contribution in [0.5, 0.6) is 5.75 Å². The van der Waals surface area contributed by atoms with Crippen molar-refractivity contribution < 1.29 is 4.74 Å². The zero-order valence-electron chi connectivity index (χ0n) is 11.9. The second-order valence-corrected chi connectivity index (χ2v) is 5.70. The van der Waals surface area contributed by atoms with Crippen LogP contribution in [0.1, 0.15) is 31.9 Å². The van der Waals surface area contributed by atoms with E-state index in [2.05, 4.69) is 37.9 Å². The van der Waals surface area contributed by atoms with Gasteiger partial charge in [0.2, 0.25) is 0 Å². The average Bonchev–Trinajstić information content (AvgIpc) is 2.39. The molecule has 0 unspecified atom stereocenters. The molecule has 0 N–H and O–H groups in total. The molecule has 2 aromatic rings. The van der Waals surface area contributed by atoms with Gasteiger partial charge in [-0.2, -0.15) is 0 Å². The molecule has 2 nitrogen and oxygen atoms in total. The van der Waals surface area contributed by atoms with Crippen LogP contribution in [0.15, 0.2) is 48.8 Å². The Balaban J connectivity index is 2.00. The summed E-state index contributed by atoms with van der Waals surface area (Å²) in [5, 5.41) is 0. The van der Waals surface area contributed by atoms with Crippen molar-refractivity contribution >= 4 is 0 Å². The number of hydrogen-bond acceptors (Lipinski definition) is 2. The maximum absolute atomic E-state index is 5.95. The molecule has 0 spiro atoms. The number of aromatic nitrogens is 1. The summed E-state index contributed by atoms with van der Waals surface area (Å²) >= 11 is 0. The summed E-state index contributed by atoms with van der Waals surface area (Å²) in [5.74, 6) is 0.990. The quantitative estimate of drug-likeness (QED) is 0.823. The Morgan fingerprint density at radius 2 is 1.68 bits per heavy atom. The number of benzene rings is 1. The third-order valence-electron chi connectivity index (χ3n) is 3.09. The summed E-state index contributed by atoms with van der Waals surface area (Å²) in [4.78, 5) is 4.02. The van der Waals surface area contributed by atoms with Crippen molar-refractivity contribution in [2.45, 2.75) is 32.6 Å². The maximum Gasteiger partial charge on any atom is 0.123 e. The third-order valence-corrected chi connectivity index (χ3v) is 3.09. The predicted octanol–water partition coefficient (Wildman–Crippen LogP) is 4.00. The van der Waals surface area contributed by atoms with Gasteiger partial charge in [-0.05, 0) is 34.7 Å².